The second kappa shape index (κ2) is 7.71. The normalized spacial score (nSPS) is 13.0. The predicted octanol–water partition coefficient (Wildman–Crippen LogP) is 4.30. The van der Waals surface area contributed by atoms with Gasteiger partial charge in [-0.25, -0.2) is 0 Å². The summed E-state index contributed by atoms with van der Waals surface area (Å²) in [6.45, 7) is 3.34. The van der Waals surface area contributed by atoms with Gasteiger partial charge >= 0.3 is 0 Å². The Morgan fingerprint density at radius 1 is 1.53 bits per heavy atom. The molecule has 0 saturated heterocycles. The SMILES string of the molecule is CSCCCCNC(C)c1sccc1Br. The van der Waals surface area contributed by atoms with E-state index < -0.39 is 0 Å². The molecule has 1 atom stereocenters. The Morgan fingerprint density at radius 2 is 2.33 bits per heavy atom. The maximum Gasteiger partial charge on any atom is 0.0397 e. The lowest BCUT2D eigenvalue weighted by molar-refractivity contribution is 0.561. The summed E-state index contributed by atoms with van der Waals surface area (Å²) in [5.74, 6) is 1.28. The largest absolute Gasteiger partial charge is 0.309 e. The van der Waals surface area contributed by atoms with Crippen LogP contribution in [0.1, 0.15) is 30.7 Å². The molecule has 1 nitrogen and oxygen atoms in total. The van der Waals surface area contributed by atoms with Crippen LogP contribution in [0.5, 0.6) is 0 Å². The predicted molar refractivity (Wildman–Crippen MR) is 76.1 cm³/mol. The van der Waals surface area contributed by atoms with E-state index in [-0.39, 0.29) is 0 Å². The number of hydrogen-bond acceptors (Lipinski definition) is 3. The molecular weight excluding hydrogens is 290 g/mol. The third kappa shape index (κ3) is 4.89. The molecule has 0 aliphatic rings. The van der Waals surface area contributed by atoms with Gasteiger partial charge in [-0.2, -0.15) is 11.8 Å². The van der Waals surface area contributed by atoms with Crippen LogP contribution in [-0.4, -0.2) is 18.6 Å². The number of rotatable bonds is 7. The van der Waals surface area contributed by atoms with Crippen molar-refractivity contribution >= 4 is 39.0 Å². The van der Waals surface area contributed by atoms with Crippen LogP contribution in [0.3, 0.4) is 0 Å². The maximum atomic E-state index is 3.57. The zero-order valence-electron chi connectivity index (χ0n) is 9.25. The third-order valence-electron chi connectivity index (χ3n) is 2.26. The van der Waals surface area contributed by atoms with Gasteiger partial charge in [0, 0.05) is 15.4 Å². The number of thioether (sulfide) groups is 1. The standard InChI is InChI=1S/C11H18BrNS2/c1-9(11-10(12)5-8-15-11)13-6-3-4-7-14-2/h5,8-9,13H,3-4,6-7H2,1-2H3. The molecule has 86 valence electrons. The van der Waals surface area contributed by atoms with Gasteiger partial charge in [0.15, 0.2) is 0 Å². The number of nitrogens with one attached hydrogen (secondary N) is 1. The maximum absolute atomic E-state index is 3.57. The monoisotopic (exact) mass is 307 g/mol. The molecular formula is C11H18BrNS2. The third-order valence-corrected chi connectivity index (χ3v) is 5.01. The molecule has 1 aromatic rings. The molecule has 0 bridgehead atoms. The average molecular weight is 308 g/mol. The second-order valence-corrected chi connectivity index (χ2v) is 6.30. The van der Waals surface area contributed by atoms with Crippen LogP contribution in [0.25, 0.3) is 0 Å². The summed E-state index contributed by atoms with van der Waals surface area (Å²) < 4.78 is 1.23. The van der Waals surface area contributed by atoms with Gasteiger partial charge in [-0.05, 0) is 65.7 Å². The molecule has 15 heavy (non-hydrogen) atoms. The van der Waals surface area contributed by atoms with Crippen molar-refractivity contribution in [1.29, 1.82) is 0 Å². The van der Waals surface area contributed by atoms with E-state index in [1.807, 2.05) is 23.1 Å². The van der Waals surface area contributed by atoms with Gasteiger partial charge in [-0.1, -0.05) is 0 Å². The summed E-state index contributed by atoms with van der Waals surface area (Å²) in [5.41, 5.74) is 0. The average Bonchev–Trinajstić information content (AvgIpc) is 2.64. The lowest BCUT2D eigenvalue weighted by Crippen LogP contribution is -2.19. The minimum absolute atomic E-state index is 0.466. The molecule has 0 aromatic carbocycles. The highest BCUT2D eigenvalue weighted by Crippen LogP contribution is 2.28. The molecule has 0 aliphatic carbocycles. The van der Waals surface area contributed by atoms with E-state index in [1.165, 1.54) is 27.9 Å². The fourth-order valence-corrected chi connectivity index (χ4v) is 3.64. The van der Waals surface area contributed by atoms with Crippen LogP contribution in [0.2, 0.25) is 0 Å². The van der Waals surface area contributed by atoms with Crippen LogP contribution >= 0.6 is 39.0 Å². The van der Waals surface area contributed by atoms with Crippen molar-refractivity contribution < 1.29 is 0 Å². The Morgan fingerprint density at radius 3 is 2.93 bits per heavy atom. The molecule has 0 radical (unpaired) electrons. The molecule has 1 rings (SSSR count). The number of unbranched alkanes of at least 4 members (excludes halogenated alkanes) is 1. The lowest BCUT2D eigenvalue weighted by atomic mass is 10.2. The van der Waals surface area contributed by atoms with Gasteiger partial charge in [0.25, 0.3) is 0 Å². The Kier molecular flexibility index (Phi) is 6.97. The van der Waals surface area contributed by atoms with Crippen LogP contribution in [0.15, 0.2) is 15.9 Å². The smallest absolute Gasteiger partial charge is 0.0397 e. The fraction of sp³-hybridized carbons (Fsp3) is 0.636. The molecule has 0 spiro atoms. The summed E-state index contributed by atoms with van der Waals surface area (Å²) in [5, 5.41) is 5.69. The summed E-state index contributed by atoms with van der Waals surface area (Å²) in [7, 11) is 0. The van der Waals surface area contributed by atoms with E-state index in [9.17, 15) is 0 Å². The van der Waals surface area contributed by atoms with E-state index in [1.54, 1.807) is 0 Å². The van der Waals surface area contributed by atoms with Gasteiger partial charge < -0.3 is 5.32 Å². The van der Waals surface area contributed by atoms with Gasteiger partial charge in [-0.3, -0.25) is 0 Å². The first-order valence-electron chi connectivity index (χ1n) is 5.21. The molecule has 0 saturated carbocycles. The van der Waals surface area contributed by atoms with Crippen molar-refractivity contribution in [2.45, 2.75) is 25.8 Å². The highest BCUT2D eigenvalue weighted by Gasteiger charge is 2.09. The van der Waals surface area contributed by atoms with Crippen molar-refractivity contribution in [3.63, 3.8) is 0 Å². The summed E-state index contributed by atoms with van der Waals surface area (Å²) in [6.07, 6.45) is 4.75. The minimum Gasteiger partial charge on any atom is -0.309 e. The Bertz CT molecular complexity index is 275. The van der Waals surface area contributed by atoms with E-state index in [2.05, 4.69) is 45.9 Å². The van der Waals surface area contributed by atoms with Crippen molar-refractivity contribution in [1.82, 2.24) is 5.32 Å². The molecule has 0 amide bonds. The Labute approximate surface area is 109 Å². The molecule has 1 N–H and O–H groups in total. The molecule has 0 aliphatic heterocycles. The zero-order valence-corrected chi connectivity index (χ0v) is 12.5. The van der Waals surface area contributed by atoms with E-state index in [4.69, 9.17) is 0 Å². The molecule has 1 aromatic heterocycles. The molecule has 0 fully saturated rings. The minimum atomic E-state index is 0.466. The van der Waals surface area contributed by atoms with Crippen molar-refractivity contribution in [3.8, 4) is 0 Å². The zero-order chi connectivity index (χ0) is 11.1. The first-order valence-corrected chi connectivity index (χ1v) is 8.27. The van der Waals surface area contributed by atoms with E-state index >= 15 is 0 Å². The van der Waals surface area contributed by atoms with Gasteiger partial charge in [-0.15, -0.1) is 11.3 Å². The first kappa shape index (κ1) is 13.6. The van der Waals surface area contributed by atoms with Crippen LogP contribution < -0.4 is 5.32 Å². The topological polar surface area (TPSA) is 12.0 Å². The van der Waals surface area contributed by atoms with Crippen molar-refractivity contribution in [2.24, 2.45) is 0 Å². The van der Waals surface area contributed by atoms with Crippen molar-refractivity contribution in [3.05, 3.63) is 20.8 Å². The number of hydrogen-bond donors (Lipinski definition) is 1. The quantitative estimate of drug-likeness (QED) is 0.754. The fourth-order valence-electron chi connectivity index (χ4n) is 1.40. The molecule has 4 heteroatoms. The summed E-state index contributed by atoms with van der Waals surface area (Å²) >= 11 is 7.31. The van der Waals surface area contributed by atoms with E-state index in [0.717, 1.165) is 6.54 Å². The van der Waals surface area contributed by atoms with Crippen LogP contribution in [-0.2, 0) is 0 Å². The van der Waals surface area contributed by atoms with Crippen molar-refractivity contribution in [2.75, 3.05) is 18.6 Å². The summed E-state index contributed by atoms with van der Waals surface area (Å²) in [4.78, 5) is 1.40. The van der Waals surface area contributed by atoms with Gasteiger partial charge in [0.1, 0.15) is 0 Å². The molecule has 1 unspecified atom stereocenters. The van der Waals surface area contributed by atoms with Crippen LogP contribution in [0.4, 0.5) is 0 Å². The number of halogens is 1. The highest BCUT2D eigenvalue weighted by atomic mass is 79.9. The Balaban J connectivity index is 2.19. The molecule has 1 heterocycles. The van der Waals surface area contributed by atoms with E-state index in [0.29, 0.717) is 6.04 Å². The van der Waals surface area contributed by atoms with Crippen LogP contribution in [0, 0.1) is 0 Å². The first-order chi connectivity index (χ1) is 7.25. The highest BCUT2D eigenvalue weighted by molar-refractivity contribution is 9.10. The van der Waals surface area contributed by atoms with Gasteiger partial charge in [0.2, 0.25) is 0 Å². The second-order valence-electron chi connectivity index (χ2n) is 3.51. The van der Waals surface area contributed by atoms with Gasteiger partial charge in [0.05, 0.1) is 0 Å². The Hall–Kier alpha value is 0.490. The summed E-state index contributed by atoms with van der Waals surface area (Å²) in [6, 6.07) is 2.58. The number of thiophene rings is 1. The lowest BCUT2D eigenvalue weighted by Gasteiger charge is -2.12.